The number of carbonyl (C=O) groups excluding carboxylic acids is 1. The number of aromatic nitrogens is 2. The molecule has 2 aliphatic rings. The van der Waals surface area contributed by atoms with Crippen LogP contribution in [-0.2, 0) is 4.79 Å². The Hall–Kier alpha value is -0.780. The number of nitrogens with zero attached hydrogens (tertiary/aromatic N) is 3. The van der Waals surface area contributed by atoms with E-state index in [0.29, 0.717) is 24.9 Å². The van der Waals surface area contributed by atoms with Gasteiger partial charge >= 0.3 is 0 Å². The first-order valence-corrected chi connectivity index (χ1v) is 8.68. The van der Waals surface area contributed by atoms with E-state index in [4.69, 9.17) is 5.73 Å². The van der Waals surface area contributed by atoms with Crippen molar-refractivity contribution in [2.75, 3.05) is 19.6 Å². The molecule has 1 aromatic rings. The third-order valence-electron chi connectivity index (χ3n) is 5.64. The van der Waals surface area contributed by atoms with Crippen molar-refractivity contribution in [3.63, 3.8) is 0 Å². The monoisotopic (exact) mass is 376 g/mol. The summed E-state index contributed by atoms with van der Waals surface area (Å²) in [7, 11) is 0. The van der Waals surface area contributed by atoms with Crippen LogP contribution in [-0.4, -0.2) is 40.0 Å². The number of hydrogen-bond acceptors (Lipinski definition) is 3. The lowest BCUT2D eigenvalue weighted by Gasteiger charge is -2.39. The molecule has 1 aliphatic carbocycles. The largest absolute Gasteiger partial charge is 0.343 e. The van der Waals surface area contributed by atoms with Crippen LogP contribution in [0.15, 0.2) is 18.7 Å². The van der Waals surface area contributed by atoms with Gasteiger partial charge in [0.2, 0.25) is 5.91 Å². The number of piperidine rings is 1. The summed E-state index contributed by atoms with van der Waals surface area (Å²) in [5.41, 5.74) is 6.10. The lowest BCUT2D eigenvalue weighted by Crippen LogP contribution is -2.43. The summed E-state index contributed by atoms with van der Waals surface area (Å²) in [6, 6.07) is 0.490. The van der Waals surface area contributed by atoms with Crippen molar-refractivity contribution in [1.29, 1.82) is 0 Å². The van der Waals surface area contributed by atoms with Gasteiger partial charge in [-0.25, -0.2) is 4.98 Å². The maximum atomic E-state index is 12.7. The van der Waals surface area contributed by atoms with Gasteiger partial charge in [0.15, 0.2) is 0 Å². The van der Waals surface area contributed by atoms with Gasteiger partial charge in [-0.2, -0.15) is 0 Å². The van der Waals surface area contributed by atoms with Gasteiger partial charge in [0, 0.05) is 37.9 Å². The van der Waals surface area contributed by atoms with Crippen molar-refractivity contribution in [2.45, 2.75) is 57.4 Å². The number of nitrogens with two attached hydrogens (primary N) is 1. The van der Waals surface area contributed by atoms with Gasteiger partial charge in [0.05, 0.1) is 6.33 Å². The van der Waals surface area contributed by atoms with Gasteiger partial charge in [-0.05, 0) is 37.6 Å². The summed E-state index contributed by atoms with van der Waals surface area (Å²) in [5, 5.41) is 0. The molecule has 24 heavy (non-hydrogen) atoms. The lowest BCUT2D eigenvalue weighted by atomic mass is 9.71. The topological polar surface area (TPSA) is 64.2 Å². The normalized spacial score (nSPS) is 20.8. The lowest BCUT2D eigenvalue weighted by molar-refractivity contribution is -0.135. The number of hydrogen-bond donors (Lipinski definition) is 1. The molecule has 0 aromatic carbocycles. The van der Waals surface area contributed by atoms with E-state index in [2.05, 4.69) is 14.5 Å². The first-order chi connectivity index (χ1) is 10.7. The van der Waals surface area contributed by atoms with Crippen LogP contribution in [0, 0.1) is 5.41 Å². The molecule has 1 amide bonds. The molecule has 7 heteroatoms. The van der Waals surface area contributed by atoms with Crippen LogP contribution in [0.2, 0.25) is 0 Å². The molecule has 0 unspecified atom stereocenters. The van der Waals surface area contributed by atoms with Crippen molar-refractivity contribution < 1.29 is 4.79 Å². The molecular weight excluding hydrogens is 347 g/mol. The fourth-order valence-electron chi connectivity index (χ4n) is 4.09. The highest BCUT2D eigenvalue weighted by molar-refractivity contribution is 5.85. The van der Waals surface area contributed by atoms with Crippen LogP contribution in [0.4, 0.5) is 0 Å². The van der Waals surface area contributed by atoms with E-state index in [1.807, 2.05) is 18.7 Å². The highest BCUT2D eigenvalue weighted by Gasteiger charge is 2.35. The fourth-order valence-corrected chi connectivity index (χ4v) is 4.09. The minimum Gasteiger partial charge on any atom is -0.343 e. The van der Waals surface area contributed by atoms with Crippen LogP contribution in [0.5, 0.6) is 0 Å². The number of halogens is 2. The standard InChI is InChI=1S/C17H28N4O.2ClH/c18-13-17(6-2-1-3-7-17)12-16(22)20-9-4-15(5-10-20)21-11-8-19-14-21;;/h8,11,14-15H,1-7,9-10,12-13,18H2;2*1H. The van der Waals surface area contributed by atoms with Crippen molar-refractivity contribution >= 4 is 30.7 Å². The van der Waals surface area contributed by atoms with Gasteiger partial charge in [-0.15, -0.1) is 24.8 Å². The first-order valence-electron chi connectivity index (χ1n) is 8.68. The molecule has 1 aliphatic heterocycles. The van der Waals surface area contributed by atoms with Crippen LogP contribution >= 0.6 is 24.8 Å². The minimum absolute atomic E-state index is 0. The Morgan fingerprint density at radius 3 is 2.38 bits per heavy atom. The second kappa shape index (κ2) is 9.64. The summed E-state index contributed by atoms with van der Waals surface area (Å²) in [5.74, 6) is 0.316. The second-order valence-corrected chi connectivity index (χ2v) is 7.06. The smallest absolute Gasteiger partial charge is 0.223 e. The number of rotatable bonds is 4. The van der Waals surface area contributed by atoms with Crippen molar-refractivity contribution in [3.8, 4) is 0 Å². The van der Waals surface area contributed by atoms with E-state index in [0.717, 1.165) is 38.8 Å². The van der Waals surface area contributed by atoms with E-state index in [-0.39, 0.29) is 30.2 Å². The van der Waals surface area contributed by atoms with Gasteiger partial charge in [0.1, 0.15) is 0 Å². The van der Waals surface area contributed by atoms with Crippen molar-refractivity contribution in [3.05, 3.63) is 18.7 Å². The van der Waals surface area contributed by atoms with Gasteiger partial charge < -0.3 is 15.2 Å². The number of amides is 1. The zero-order valence-electron chi connectivity index (χ0n) is 14.2. The van der Waals surface area contributed by atoms with E-state index < -0.39 is 0 Å². The molecule has 5 nitrogen and oxygen atoms in total. The molecule has 2 N–H and O–H groups in total. The Balaban J connectivity index is 0.00000144. The Morgan fingerprint density at radius 1 is 1.17 bits per heavy atom. The van der Waals surface area contributed by atoms with Crippen LogP contribution in [0.25, 0.3) is 0 Å². The molecule has 0 atom stereocenters. The summed E-state index contributed by atoms with van der Waals surface area (Å²) in [6.07, 6.45) is 14.4. The van der Waals surface area contributed by atoms with E-state index in [9.17, 15) is 4.79 Å². The average Bonchev–Trinajstić information content (AvgIpc) is 3.10. The number of likely N-dealkylation sites (tertiary alicyclic amines) is 1. The van der Waals surface area contributed by atoms with Crippen LogP contribution < -0.4 is 5.73 Å². The first kappa shape index (κ1) is 21.3. The van der Waals surface area contributed by atoms with E-state index in [1.165, 1.54) is 19.3 Å². The van der Waals surface area contributed by atoms with E-state index in [1.54, 1.807) is 0 Å². The maximum absolute atomic E-state index is 12.7. The second-order valence-electron chi connectivity index (χ2n) is 7.06. The van der Waals surface area contributed by atoms with Crippen molar-refractivity contribution in [1.82, 2.24) is 14.5 Å². The molecule has 1 saturated heterocycles. The Labute approximate surface area is 157 Å². The van der Waals surface area contributed by atoms with Crippen LogP contribution in [0.1, 0.15) is 57.4 Å². The van der Waals surface area contributed by atoms with Gasteiger partial charge in [0.25, 0.3) is 0 Å². The molecule has 0 radical (unpaired) electrons. The average molecular weight is 377 g/mol. The van der Waals surface area contributed by atoms with E-state index >= 15 is 0 Å². The predicted octanol–water partition coefficient (Wildman–Crippen LogP) is 3.19. The Kier molecular flexibility index (Phi) is 8.54. The Bertz CT molecular complexity index is 481. The number of carbonyl (C=O) groups is 1. The molecule has 138 valence electrons. The highest BCUT2D eigenvalue weighted by atomic mass is 35.5. The molecule has 3 rings (SSSR count). The molecular formula is C17H30Cl2N4O. The Morgan fingerprint density at radius 2 is 1.83 bits per heavy atom. The third kappa shape index (κ3) is 4.87. The molecule has 0 bridgehead atoms. The molecule has 1 saturated carbocycles. The minimum atomic E-state index is 0. The zero-order valence-corrected chi connectivity index (χ0v) is 15.9. The van der Waals surface area contributed by atoms with Crippen molar-refractivity contribution in [2.24, 2.45) is 11.1 Å². The summed E-state index contributed by atoms with van der Waals surface area (Å²) in [4.78, 5) is 18.8. The quantitative estimate of drug-likeness (QED) is 0.877. The molecule has 2 heterocycles. The highest BCUT2D eigenvalue weighted by Crippen LogP contribution is 2.39. The zero-order chi connectivity index (χ0) is 15.4. The molecule has 2 fully saturated rings. The summed E-state index contributed by atoms with van der Waals surface area (Å²) in [6.45, 7) is 2.38. The molecule has 1 aromatic heterocycles. The van der Waals surface area contributed by atoms with Gasteiger partial charge in [-0.3, -0.25) is 4.79 Å². The van der Waals surface area contributed by atoms with Gasteiger partial charge in [-0.1, -0.05) is 19.3 Å². The maximum Gasteiger partial charge on any atom is 0.223 e. The third-order valence-corrected chi connectivity index (χ3v) is 5.64. The summed E-state index contributed by atoms with van der Waals surface area (Å²) >= 11 is 0. The fraction of sp³-hybridized carbons (Fsp3) is 0.765. The molecule has 0 spiro atoms. The predicted molar refractivity (Wildman–Crippen MR) is 101 cm³/mol. The van der Waals surface area contributed by atoms with Crippen LogP contribution in [0.3, 0.4) is 0 Å². The SMILES string of the molecule is Cl.Cl.NCC1(CC(=O)N2CCC(n3ccnc3)CC2)CCCCC1. The summed E-state index contributed by atoms with van der Waals surface area (Å²) < 4.78 is 2.17. The number of imidazole rings is 1.